The second-order valence-electron chi connectivity index (χ2n) is 8.72. The van der Waals surface area contributed by atoms with E-state index in [2.05, 4.69) is 16.1 Å². The Balaban J connectivity index is 1.36. The molecule has 5 rings (SSSR count). The third kappa shape index (κ3) is 4.06. The molecule has 0 N–H and O–H groups in total. The first kappa shape index (κ1) is 20.2. The van der Waals surface area contributed by atoms with Crippen LogP contribution in [0.15, 0.2) is 65.4 Å². The SMILES string of the molecule is N#Cc1ccc(-c2ccc(C(=O)N(C3CC3)C3CCC4=NN(C=O)C=C(C4)C3)cc2)cc1. The molecule has 1 unspecified atom stereocenters. The summed E-state index contributed by atoms with van der Waals surface area (Å²) in [4.78, 5) is 26.8. The van der Waals surface area contributed by atoms with Crippen molar-refractivity contribution in [3.63, 3.8) is 0 Å². The maximum Gasteiger partial charge on any atom is 0.254 e. The molecule has 2 aromatic rings. The minimum absolute atomic E-state index is 0.0788. The molecule has 32 heavy (non-hydrogen) atoms. The molecule has 0 radical (unpaired) electrons. The van der Waals surface area contributed by atoms with Crippen LogP contribution in [0.4, 0.5) is 0 Å². The average molecular weight is 425 g/mol. The van der Waals surface area contributed by atoms with Crippen molar-refractivity contribution >= 4 is 18.0 Å². The second kappa shape index (κ2) is 8.43. The predicted molar refractivity (Wildman–Crippen MR) is 121 cm³/mol. The topological polar surface area (TPSA) is 76.8 Å². The van der Waals surface area contributed by atoms with E-state index in [1.54, 1.807) is 12.1 Å². The number of hydrogen-bond acceptors (Lipinski definition) is 4. The van der Waals surface area contributed by atoms with Gasteiger partial charge in [0.05, 0.1) is 11.6 Å². The zero-order valence-electron chi connectivity index (χ0n) is 17.8. The molecule has 0 saturated heterocycles. The zero-order chi connectivity index (χ0) is 22.1. The number of hydrogen-bond donors (Lipinski definition) is 0. The van der Waals surface area contributed by atoms with Crippen molar-refractivity contribution in [2.75, 3.05) is 0 Å². The maximum atomic E-state index is 13.6. The molecule has 1 aliphatic heterocycles. The van der Waals surface area contributed by atoms with E-state index in [1.165, 1.54) is 10.6 Å². The Morgan fingerprint density at radius 3 is 2.34 bits per heavy atom. The van der Waals surface area contributed by atoms with Crippen molar-refractivity contribution in [1.82, 2.24) is 9.91 Å². The fourth-order valence-corrected chi connectivity index (χ4v) is 4.69. The smallest absolute Gasteiger partial charge is 0.254 e. The summed E-state index contributed by atoms with van der Waals surface area (Å²) in [6.45, 7) is 0. The minimum atomic E-state index is 0.0788. The largest absolute Gasteiger partial charge is 0.332 e. The third-order valence-electron chi connectivity index (χ3n) is 6.42. The quantitative estimate of drug-likeness (QED) is 0.664. The summed E-state index contributed by atoms with van der Waals surface area (Å²) in [5, 5.41) is 14.7. The molecule has 0 aromatic heterocycles. The standard InChI is InChI=1S/C26H24N4O2/c27-15-18-1-3-20(4-2-18)21-5-7-22(8-6-21)26(32)30(24-11-12-24)25-10-9-23-13-19(14-25)16-29(17-31)28-23/h1-8,16-17,24-25H,9-14H2. The van der Waals surface area contributed by atoms with Gasteiger partial charge in [0.25, 0.3) is 5.91 Å². The average Bonchev–Trinajstić information content (AvgIpc) is 3.68. The van der Waals surface area contributed by atoms with Crippen LogP contribution in [-0.2, 0) is 4.79 Å². The molecule has 2 amide bonds. The summed E-state index contributed by atoms with van der Waals surface area (Å²) >= 11 is 0. The molecule has 3 aliphatic rings. The molecule has 160 valence electrons. The molecule has 6 heteroatoms. The number of hydrazone groups is 1. The zero-order valence-corrected chi connectivity index (χ0v) is 17.8. The highest BCUT2D eigenvalue weighted by atomic mass is 16.2. The molecular formula is C26H24N4O2. The number of nitriles is 1. The van der Waals surface area contributed by atoms with Gasteiger partial charge in [0, 0.05) is 36.0 Å². The lowest BCUT2D eigenvalue weighted by atomic mass is 10.0. The predicted octanol–water partition coefficient (Wildman–Crippen LogP) is 4.48. The molecule has 2 fully saturated rings. The number of benzene rings is 2. The summed E-state index contributed by atoms with van der Waals surface area (Å²) in [7, 11) is 0. The molecular weight excluding hydrogens is 400 g/mol. The number of fused-ring (bicyclic) bond motifs is 2. The van der Waals surface area contributed by atoms with Crippen LogP contribution in [0.2, 0.25) is 0 Å². The molecule has 0 spiro atoms. The first-order valence-corrected chi connectivity index (χ1v) is 11.1. The van der Waals surface area contributed by atoms with Crippen LogP contribution in [0.1, 0.15) is 54.4 Å². The summed E-state index contributed by atoms with van der Waals surface area (Å²) in [6.07, 6.45) is 7.91. The lowest BCUT2D eigenvalue weighted by molar-refractivity contribution is -0.116. The molecule has 6 nitrogen and oxygen atoms in total. The number of amides is 2. The summed E-state index contributed by atoms with van der Waals surface area (Å²) in [5.41, 5.74) is 5.55. The van der Waals surface area contributed by atoms with E-state index in [1.807, 2.05) is 42.6 Å². The van der Waals surface area contributed by atoms with Crippen LogP contribution >= 0.6 is 0 Å². The van der Waals surface area contributed by atoms with E-state index in [4.69, 9.17) is 5.26 Å². The van der Waals surface area contributed by atoms with Gasteiger partial charge in [0.1, 0.15) is 0 Å². The number of nitrogens with zero attached hydrogens (tertiary/aromatic N) is 4. The first-order chi connectivity index (χ1) is 15.6. The van der Waals surface area contributed by atoms with E-state index in [0.29, 0.717) is 17.2 Å². The Labute approximate surface area is 187 Å². The van der Waals surface area contributed by atoms with Crippen molar-refractivity contribution in [2.24, 2.45) is 5.10 Å². The molecule has 2 aliphatic carbocycles. The van der Waals surface area contributed by atoms with Gasteiger partial charge >= 0.3 is 0 Å². The highest BCUT2D eigenvalue weighted by Crippen LogP contribution is 2.36. The van der Waals surface area contributed by atoms with Gasteiger partial charge in [-0.05, 0) is 73.1 Å². The van der Waals surface area contributed by atoms with E-state index in [9.17, 15) is 9.59 Å². The van der Waals surface area contributed by atoms with Crippen LogP contribution in [0.5, 0.6) is 0 Å². The molecule has 2 bridgehead atoms. The highest BCUT2D eigenvalue weighted by molar-refractivity contribution is 5.95. The summed E-state index contributed by atoms with van der Waals surface area (Å²) in [5.74, 6) is 0.0788. The summed E-state index contributed by atoms with van der Waals surface area (Å²) in [6, 6.07) is 17.8. The van der Waals surface area contributed by atoms with Crippen molar-refractivity contribution in [3.8, 4) is 17.2 Å². The van der Waals surface area contributed by atoms with Crippen molar-refractivity contribution < 1.29 is 9.59 Å². The van der Waals surface area contributed by atoms with Crippen LogP contribution in [0.3, 0.4) is 0 Å². The Bertz CT molecular complexity index is 1140. The number of carbonyl (C=O) groups excluding carboxylic acids is 2. The van der Waals surface area contributed by atoms with Gasteiger partial charge in [0.2, 0.25) is 6.41 Å². The molecule has 2 aromatic carbocycles. The third-order valence-corrected chi connectivity index (χ3v) is 6.42. The van der Waals surface area contributed by atoms with Gasteiger partial charge in [-0.3, -0.25) is 9.59 Å². The fraction of sp³-hybridized carbons (Fsp3) is 0.308. The monoisotopic (exact) mass is 424 g/mol. The first-order valence-electron chi connectivity index (χ1n) is 11.1. The molecule has 1 heterocycles. The number of rotatable bonds is 5. The van der Waals surface area contributed by atoms with Gasteiger partial charge < -0.3 is 4.90 Å². The number of carbonyl (C=O) groups is 2. The van der Waals surface area contributed by atoms with Crippen molar-refractivity contribution in [3.05, 3.63) is 71.4 Å². The minimum Gasteiger partial charge on any atom is -0.332 e. The van der Waals surface area contributed by atoms with Crippen LogP contribution in [-0.4, -0.2) is 40.0 Å². The Kier molecular flexibility index (Phi) is 5.32. The lowest BCUT2D eigenvalue weighted by Gasteiger charge is -2.32. The fourth-order valence-electron chi connectivity index (χ4n) is 4.69. The Hall–Kier alpha value is -3.72. The van der Waals surface area contributed by atoms with Crippen molar-refractivity contribution in [2.45, 2.75) is 50.6 Å². The Morgan fingerprint density at radius 1 is 1.03 bits per heavy atom. The van der Waals surface area contributed by atoms with Crippen LogP contribution in [0, 0.1) is 11.3 Å². The van der Waals surface area contributed by atoms with Gasteiger partial charge in [-0.2, -0.15) is 10.4 Å². The molecule has 2 saturated carbocycles. The van der Waals surface area contributed by atoms with Crippen molar-refractivity contribution in [1.29, 1.82) is 5.26 Å². The van der Waals surface area contributed by atoms with E-state index < -0.39 is 0 Å². The van der Waals surface area contributed by atoms with Crippen LogP contribution < -0.4 is 0 Å². The Morgan fingerprint density at radius 2 is 1.72 bits per heavy atom. The van der Waals surface area contributed by atoms with Crippen LogP contribution in [0.25, 0.3) is 11.1 Å². The van der Waals surface area contributed by atoms with Gasteiger partial charge in [-0.25, -0.2) is 5.01 Å². The lowest BCUT2D eigenvalue weighted by Crippen LogP contribution is -2.42. The van der Waals surface area contributed by atoms with Gasteiger partial charge in [-0.1, -0.05) is 24.3 Å². The molecule has 1 atom stereocenters. The summed E-state index contributed by atoms with van der Waals surface area (Å²) < 4.78 is 0. The van der Waals surface area contributed by atoms with Gasteiger partial charge in [-0.15, -0.1) is 0 Å². The highest BCUT2D eigenvalue weighted by Gasteiger charge is 2.39. The van der Waals surface area contributed by atoms with E-state index in [0.717, 1.165) is 61.8 Å². The van der Waals surface area contributed by atoms with E-state index in [-0.39, 0.29) is 11.9 Å². The normalized spacial score (nSPS) is 19.8. The van der Waals surface area contributed by atoms with Gasteiger partial charge in [0.15, 0.2) is 0 Å². The maximum absolute atomic E-state index is 13.6. The van der Waals surface area contributed by atoms with E-state index >= 15 is 0 Å². The second-order valence-corrected chi connectivity index (χ2v) is 8.72.